The molecule has 0 fully saturated rings. The Morgan fingerprint density at radius 2 is 2.15 bits per heavy atom. The van der Waals surface area contributed by atoms with Gasteiger partial charge in [0.25, 0.3) is 5.69 Å². The molecule has 13 heavy (non-hydrogen) atoms. The fourth-order valence-corrected chi connectivity index (χ4v) is 1.45. The monoisotopic (exact) mass is 243 g/mol. The molecule has 0 atom stereocenters. The molecule has 0 amide bonds. The number of benzene rings is 1. The first-order chi connectivity index (χ1) is 6.06. The van der Waals surface area contributed by atoms with Crippen molar-refractivity contribution in [2.75, 3.05) is 0 Å². The van der Waals surface area contributed by atoms with Crippen LogP contribution in [-0.2, 0) is 0 Å². The number of halogens is 1. The number of hydrogen-bond acceptors (Lipinski definition) is 3. The predicted molar refractivity (Wildman–Crippen MR) is 50.9 cm³/mol. The van der Waals surface area contributed by atoms with Crippen molar-refractivity contribution in [2.24, 2.45) is 0 Å². The molecule has 0 radical (unpaired) electrons. The van der Waals surface area contributed by atoms with E-state index in [1.807, 2.05) is 0 Å². The third-order valence-electron chi connectivity index (χ3n) is 1.66. The van der Waals surface area contributed by atoms with Gasteiger partial charge in [0.1, 0.15) is 6.29 Å². The molecule has 0 aliphatic carbocycles. The highest BCUT2D eigenvalue weighted by molar-refractivity contribution is 9.10. The van der Waals surface area contributed by atoms with E-state index < -0.39 is 4.92 Å². The summed E-state index contributed by atoms with van der Waals surface area (Å²) in [5, 5.41) is 10.5. The topological polar surface area (TPSA) is 60.2 Å². The molecule has 0 spiro atoms. The minimum atomic E-state index is -0.494. The third kappa shape index (κ3) is 1.92. The lowest BCUT2D eigenvalue weighted by Gasteiger charge is -1.99. The second-order valence-corrected chi connectivity index (χ2v) is 3.39. The average Bonchev–Trinajstić information content (AvgIpc) is 2.07. The lowest BCUT2D eigenvalue weighted by atomic mass is 10.1. The van der Waals surface area contributed by atoms with Gasteiger partial charge in [-0.1, -0.05) is 0 Å². The van der Waals surface area contributed by atoms with Crippen LogP contribution in [0.2, 0.25) is 0 Å². The van der Waals surface area contributed by atoms with Gasteiger partial charge in [0, 0.05) is 11.6 Å². The summed E-state index contributed by atoms with van der Waals surface area (Å²) in [7, 11) is 0. The third-order valence-corrected chi connectivity index (χ3v) is 2.29. The molecule has 4 nitrogen and oxygen atoms in total. The highest BCUT2D eigenvalue weighted by Gasteiger charge is 2.13. The van der Waals surface area contributed by atoms with Crippen LogP contribution in [0.3, 0.4) is 0 Å². The van der Waals surface area contributed by atoms with Gasteiger partial charge in [0.15, 0.2) is 0 Å². The number of nitrogens with zero attached hydrogens (tertiary/aromatic N) is 1. The first-order valence-corrected chi connectivity index (χ1v) is 4.25. The molecule has 5 heteroatoms. The lowest BCUT2D eigenvalue weighted by Crippen LogP contribution is -1.93. The highest BCUT2D eigenvalue weighted by atomic mass is 79.9. The highest BCUT2D eigenvalue weighted by Crippen LogP contribution is 2.27. The number of nitro benzene ring substituents is 1. The van der Waals surface area contributed by atoms with Gasteiger partial charge in [-0.05, 0) is 34.5 Å². The van der Waals surface area contributed by atoms with Gasteiger partial charge < -0.3 is 0 Å². The number of carbonyl (C=O) groups excluding carboxylic acids is 1. The Morgan fingerprint density at radius 1 is 1.54 bits per heavy atom. The summed E-state index contributed by atoms with van der Waals surface area (Å²) in [6.07, 6.45) is 0.670. The van der Waals surface area contributed by atoms with Crippen molar-refractivity contribution in [3.05, 3.63) is 37.8 Å². The Morgan fingerprint density at radius 3 is 2.62 bits per heavy atom. The fourth-order valence-electron chi connectivity index (χ4n) is 0.949. The van der Waals surface area contributed by atoms with Crippen LogP contribution >= 0.6 is 15.9 Å². The zero-order valence-corrected chi connectivity index (χ0v) is 8.37. The van der Waals surface area contributed by atoms with Crippen molar-refractivity contribution < 1.29 is 9.72 Å². The molecule has 0 saturated carbocycles. The van der Waals surface area contributed by atoms with Gasteiger partial charge in [-0.3, -0.25) is 14.9 Å². The van der Waals surface area contributed by atoms with E-state index in [9.17, 15) is 14.9 Å². The Bertz CT molecular complexity index is 376. The van der Waals surface area contributed by atoms with E-state index in [1.165, 1.54) is 12.1 Å². The van der Waals surface area contributed by atoms with Crippen molar-refractivity contribution >= 4 is 27.9 Å². The van der Waals surface area contributed by atoms with Crippen LogP contribution in [0.25, 0.3) is 0 Å². The van der Waals surface area contributed by atoms with Crippen LogP contribution in [0, 0.1) is 17.0 Å². The van der Waals surface area contributed by atoms with Crippen LogP contribution in [0.15, 0.2) is 16.6 Å². The van der Waals surface area contributed by atoms with Gasteiger partial charge in [-0.15, -0.1) is 0 Å². The normalized spacial score (nSPS) is 9.69. The van der Waals surface area contributed by atoms with Crippen LogP contribution < -0.4 is 0 Å². The Hall–Kier alpha value is -1.23. The maximum atomic E-state index is 10.5. The number of aldehydes is 1. The second-order valence-electron chi connectivity index (χ2n) is 2.54. The van der Waals surface area contributed by atoms with E-state index in [0.717, 1.165) is 0 Å². The molecule has 1 rings (SSSR count). The summed E-state index contributed by atoms with van der Waals surface area (Å²) in [4.78, 5) is 20.4. The van der Waals surface area contributed by atoms with Crippen molar-refractivity contribution in [3.8, 4) is 0 Å². The summed E-state index contributed by atoms with van der Waals surface area (Å²) in [5.41, 5.74) is 1.03. The largest absolute Gasteiger partial charge is 0.298 e. The first-order valence-electron chi connectivity index (χ1n) is 3.46. The first kappa shape index (κ1) is 9.85. The average molecular weight is 244 g/mol. The summed E-state index contributed by atoms with van der Waals surface area (Å²) in [6.45, 7) is 1.66. The molecule has 0 heterocycles. The second kappa shape index (κ2) is 3.66. The van der Waals surface area contributed by atoms with E-state index in [4.69, 9.17) is 0 Å². The van der Waals surface area contributed by atoms with Crippen LogP contribution in [-0.4, -0.2) is 11.2 Å². The molecular formula is C8H6BrNO3. The maximum absolute atomic E-state index is 10.5. The molecule has 0 N–H and O–H groups in total. The molecule has 0 bridgehead atoms. The molecule has 68 valence electrons. The summed E-state index contributed by atoms with van der Waals surface area (Å²) < 4.78 is 0.324. The number of rotatable bonds is 2. The summed E-state index contributed by atoms with van der Waals surface area (Å²) >= 11 is 3.02. The van der Waals surface area contributed by atoms with Gasteiger partial charge in [-0.25, -0.2) is 0 Å². The standard InChI is InChI=1S/C8H6BrNO3/c1-5-2-8(10(12)13)7(9)3-6(5)4-11/h2-4H,1H3. The van der Waals surface area contributed by atoms with E-state index in [1.54, 1.807) is 6.92 Å². The van der Waals surface area contributed by atoms with Crippen molar-refractivity contribution in [1.29, 1.82) is 0 Å². The number of carbonyl (C=O) groups is 1. The lowest BCUT2D eigenvalue weighted by molar-refractivity contribution is -0.385. The number of hydrogen-bond donors (Lipinski definition) is 0. The Labute approximate surface area is 82.8 Å². The quantitative estimate of drug-likeness (QED) is 0.456. The minimum Gasteiger partial charge on any atom is -0.298 e. The summed E-state index contributed by atoms with van der Waals surface area (Å²) in [6, 6.07) is 2.81. The Kier molecular flexibility index (Phi) is 2.77. The predicted octanol–water partition coefficient (Wildman–Crippen LogP) is 2.48. The number of nitro groups is 1. The molecule has 0 aliphatic heterocycles. The van der Waals surface area contributed by atoms with Gasteiger partial charge in [0.2, 0.25) is 0 Å². The molecule has 0 saturated heterocycles. The zero-order chi connectivity index (χ0) is 10.0. The van der Waals surface area contributed by atoms with E-state index in [0.29, 0.717) is 21.9 Å². The van der Waals surface area contributed by atoms with Crippen molar-refractivity contribution in [1.82, 2.24) is 0 Å². The van der Waals surface area contributed by atoms with Gasteiger partial charge >= 0.3 is 0 Å². The molecule has 1 aromatic rings. The maximum Gasteiger partial charge on any atom is 0.283 e. The smallest absolute Gasteiger partial charge is 0.283 e. The van der Waals surface area contributed by atoms with Crippen molar-refractivity contribution in [3.63, 3.8) is 0 Å². The fraction of sp³-hybridized carbons (Fsp3) is 0.125. The molecule has 0 unspecified atom stereocenters. The van der Waals surface area contributed by atoms with Crippen molar-refractivity contribution in [2.45, 2.75) is 6.92 Å². The zero-order valence-electron chi connectivity index (χ0n) is 6.78. The van der Waals surface area contributed by atoms with Crippen LogP contribution in [0.1, 0.15) is 15.9 Å². The van der Waals surface area contributed by atoms with E-state index in [-0.39, 0.29) is 5.69 Å². The van der Waals surface area contributed by atoms with Gasteiger partial charge in [-0.2, -0.15) is 0 Å². The SMILES string of the molecule is Cc1cc([N+](=O)[O-])c(Br)cc1C=O. The number of aryl methyl sites for hydroxylation is 1. The molecule has 0 aliphatic rings. The Balaban J connectivity index is 3.36. The van der Waals surface area contributed by atoms with E-state index in [2.05, 4.69) is 15.9 Å². The van der Waals surface area contributed by atoms with Gasteiger partial charge in [0.05, 0.1) is 9.40 Å². The minimum absolute atomic E-state index is 0.0249. The van der Waals surface area contributed by atoms with E-state index >= 15 is 0 Å². The van der Waals surface area contributed by atoms with Crippen LogP contribution in [0.4, 0.5) is 5.69 Å². The molecule has 1 aromatic carbocycles. The molecule has 0 aromatic heterocycles. The summed E-state index contributed by atoms with van der Waals surface area (Å²) in [5.74, 6) is 0. The molecular weight excluding hydrogens is 238 g/mol. The van der Waals surface area contributed by atoms with Crippen LogP contribution in [0.5, 0.6) is 0 Å².